The summed E-state index contributed by atoms with van der Waals surface area (Å²) in [6.45, 7) is 5.66. The fraction of sp³-hybridized carbons (Fsp3) is 0.294. The van der Waals surface area contributed by atoms with Crippen LogP contribution in [0.1, 0.15) is 25.0 Å². The second-order valence-electron chi connectivity index (χ2n) is 5.17. The molecular weight excluding hydrogens is 394 g/mol. The Labute approximate surface area is 143 Å². The van der Waals surface area contributed by atoms with Gasteiger partial charge in [-0.3, -0.25) is 0 Å². The highest BCUT2D eigenvalue weighted by Crippen LogP contribution is 2.24. The average Bonchev–Trinajstić information content (AvgIpc) is 2.46. The van der Waals surface area contributed by atoms with E-state index < -0.39 is 0 Å². The van der Waals surface area contributed by atoms with Crippen LogP contribution in [-0.2, 0) is 13.2 Å². The molecule has 4 heteroatoms. The fourth-order valence-corrected chi connectivity index (χ4v) is 2.65. The highest BCUT2D eigenvalue weighted by Gasteiger charge is 2.05. The SMILES string of the molecule is CC(C)NCc1cc(OCc2ccccc2Br)ccc1Br. The lowest BCUT2D eigenvalue weighted by molar-refractivity contribution is 0.305. The molecule has 0 fully saturated rings. The van der Waals surface area contributed by atoms with Gasteiger partial charge in [0.05, 0.1) is 0 Å². The normalized spacial score (nSPS) is 10.9. The van der Waals surface area contributed by atoms with Gasteiger partial charge in [0.15, 0.2) is 0 Å². The molecular formula is C17H19Br2NO. The van der Waals surface area contributed by atoms with E-state index in [2.05, 4.69) is 63.2 Å². The molecule has 0 radical (unpaired) electrons. The fourth-order valence-electron chi connectivity index (χ4n) is 1.87. The molecule has 0 saturated heterocycles. The molecule has 2 rings (SSSR count). The Morgan fingerprint density at radius 3 is 2.43 bits per heavy atom. The lowest BCUT2D eigenvalue weighted by Gasteiger charge is -2.13. The Morgan fingerprint density at radius 2 is 1.71 bits per heavy atom. The highest BCUT2D eigenvalue weighted by atomic mass is 79.9. The second-order valence-corrected chi connectivity index (χ2v) is 6.88. The summed E-state index contributed by atoms with van der Waals surface area (Å²) in [7, 11) is 0. The second kappa shape index (κ2) is 7.97. The van der Waals surface area contributed by atoms with Crippen LogP contribution in [0.3, 0.4) is 0 Å². The molecule has 0 aromatic heterocycles. The van der Waals surface area contributed by atoms with Crippen LogP contribution >= 0.6 is 31.9 Å². The number of hydrogen-bond donors (Lipinski definition) is 1. The molecule has 0 atom stereocenters. The Morgan fingerprint density at radius 1 is 1.00 bits per heavy atom. The minimum Gasteiger partial charge on any atom is -0.489 e. The van der Waals surface area contributed by atoms with E-state index >= 15 is 0 Å². The Balaban J connectivity index is 2.03. The third-order valence-electron chi connectivity index (χ3n) is 3.07. The van der Waals surface area contributed by atoms with Crippen molar-refractivity contribution in [1.82, 2.24) is 5.32 Å². The third-order valence-corrected chi connectivity index (χ3v) is 4.62. The monoisotopic (exact) mass is 411 g/mol. The molecule has 0 spiro atoms. The van der Waals surface area contributed by atoms with Gasteiger partial charge in [-0.15, -0.1) is 0 Å². The topological polar surface area (TPSA) is 21.3 Å². The Bertz CT molecular complexity index is 599. The first-order valence-electron chi connectivity index (χ1n) is 6.94. The van der Waals surface area contributed by atoms with Crippen LogP contribution in [0, 0.1) is 0 Å². The smallest absolute Gasteiger partial charge is 0.120 e. The van der Waals surface area contributed by atoms with Crippen molar-refractivity contribution in [2.75, 3.05) is 0 Å². The van der Waals surface area contributed by atoms with E-state index in [1.54, 1.807) is 0 Å². The minimum absolute atomic E-state index is 0.460. The summed E-state index contributed by atoms with van der Waals surface area (Å²) in [6, 6.07) is 14.7. The number of hydrogen-bond acceptors (Lipinski definition) is 2. The number of nitrogens with one attached hydrogen (secondary N) is 1. The van der Waals surface area contributed by atoms with Crippen molar-refractivity contribution in [1.29, 1.82) is 0 Å². The Kier molecular flexibility index (Phi) is 6.27. The van der Waals surface area contributed by atoms with E-state index in [0.29, 0.717) is 12.6 Å². The summed E-state index contributed by atoms with van der Waals surface area (Å²) in [5, 5.41) is 3.42. The van der Waals surface area contributed by atoms with Crippen molar-refractivity contribution in [2.45, 2.75) is 33.0 Å². The van der Waals surface area contributed by atoms with Crippen LogP contribution in [0.4, 0.5) is 0 Å². The van der Waals surface area contributed by atoms with Gasteiger partial charge in [0.25, 0.3) is 0 Å². The van der Waals surface area contributed by atoms with Crippen molar-refractivity contribution in [3.8, 4) is 5.75 Å². The molecule has 0 saturated carbocycles. The zero-order chi connectivity index (χ0) is 15.2. The average molecular weight is 413 g/mol. The first kappa shape index (κ1) is 16.5. The van der Waals surface area contributed by atoms with Gasteiger partial charge in [-0.2, -0.15) is 0 Å². The van der Waals surface area contributed by atoms with E-state index in [-0.39, 0.29) is 0 Å². The third kappa shape index (κ3) is 5.13. The predicted octanol–water partition coefficient (Wildman–Crippen LogP) is 5.29. The van der Waals surface area contributed by atoms with E-state index in [0.717, 1.165) is 26.8 Å². The maximum Gasteiger partial charge on any atom is 0.120 e. The van der Waals surface area contributed by atoms with Crippen LogP contribution in [0.2, 0.25) is 0 Å². The quantitative estimate of drug-likeness (QED) is 0.695. The van der Waals surface area contributed by atoms with Crippen molar-refractivity contribution in [2.24, 2.45) is 0 Å². The predicted molar refractivity (Wildman–Crippen MR) is 94.6 cm³/mol. The van der Waals surface area contributed by atoms with Crippen molar-refractivity contribution < 1.29 is 4.74 Å². The summed E-state index contributed by atoms with van der Waals surface area (Å²) in [5.41, 5.74) is 2.34. The molecule has 2 nitrogen and oxygen atoms in total. The van der Waals surface area contributed by atoms with Gasteiger partial charge in [0.2, 0.25) is 0 Å². The standard InChI is InChI=1S/C17H19Br2NO/c1-12(2)20-10-14-9-15(7-8-17(14)19)21-11-13-5-3-4-6-16(13)18/h3-9,12,20H,10-11H2,1-2H3. The summed E-state index contributed by atoms with van der Waals surface area (Å²) in [6.07, 6.45) is 0. The minimum atomic E-state index is 0.460. The number of benzene rings is 2. The van der Waals surface area contributed by atoms with E-state index in [1.165, 1.54) is 5.56 Å². The summed E-state index contributed by atoms with van der Waals surface area (Å²) in [4.78, 5) is 0. The summed E-state index contributed by atoms with van der Waals surface area (Å²) in [5.74, 6) is 0.884. The first-order chi connectivity index (χ1) is 10.1. The van der Waals surface area contributed by atoms with Gasteiger partial charge in [-0.05, 0) is 29.8 Å². The van der Waals surface area contributed by atoms with Gasteiger partial charge < -0.3 is 10.1 Å². The van der Waals surface area contributed by atoms with Crippen LogP contribution < -0.4 is 10.1 Å². The van der Waals surface area contributed by atoms with Crippen LogP contribution in [0.25, 0.3) is 0 Å². The van der Waals surface area contributed by atoms with Gasteiger partial charge in [-0.25, -0.2) is 0 Å². The van der Waals surface area contributed by atoms with E-state index in [4.69, 9.17) is 4.74 Å². The highest BCUT2D eigenvalue weighted by molar-refractivity contribution is 9.10. The largest absolute Gasteiger partial charge is 0.489 e. The Hall–Kier alpha value is -0.840. The molecule has 0 amide bonds. The molecule has 112 valence electrons. The molecule has 0 aliphatic heterocycles. The molecule has 21 heavy (non-hydrogen) atoms. The van der Waals surface area contributed by atoms with Crippen molar-refractivity contribution in [3.63, 3.8) is 0 Å². The zero-order valence-corrected chi connectivity index (χ0v) is 15.4. The van der Waals surface area contributed by atoms with Crippen LogP contribution in [0.15, 0.2) is 51.4 Å². The van der Waals surface area contributed by atoms with Crippen molar-refractivity contribution in [3.05, 3.63) is 62.5 Å². The summed E-state index contributed by atoms with van der Waals surface area (Å²) < 4.78 is 8.07. The molecule has 2 aromatic carbocycles. The molecule has 1 N–H and O–H groups in total. The molecule has 2 aromatic rings. The van der Waals surface area contributed by atoms with Crippen LogP contribution in [-0.4, -0.2) is 6.04 Å². The molecule has 0 bridgehead atoms. The summed E-state index contributed by atoms with van der Waals surface area (Å²) >= 11 is 7.12. The number of halogens is 2. The molecule has 0 heterocycles. The number of rotatable bonds is 6. The van der Waals surface area contributed by atoms with Gasteiger partial charge in [0.1, 0.15) is 12.4 Å². The maximum absolute atomic E-state index is 5.90. The molecule has 0 aliphatic carbocycles. The van der Waals surface area contributed by atoms with Gasteiger partial charge in [0, 0.05) is 27.1 Å². The molecule has 0 unspecified atom stereocenters. The maximum atomic E-state index is 5.90. The first-order valence-corrected chi connectivity index (χ1v) is 8.53. The van der Waals surface area contributed by atoms with Gasteiger partial charge in [-0.1, -0.05) is 63.9 Å². The lowest BCUT2D eigenvalue weighted by atomic mass is 10.2. The molecule has 0 aliphatic rings. The van der Waals surface area contributed by atoms with Gasteiger partial charge >= 0.3 is 0 Å². The van der Waals surface area contributed by atoms with E-state index in [1.807, 2.05) is 30.3 Å². The number of ether oxygens (including phenoxy) is 1. The van der Waals surface area contributed by atoms with E-state index in [9.17, 15) is 0 Å². The zero-order valence-electron chi connectivity index (χ0n) is 12.2. The lowest BCUT2D eigenvalue weighted by Crippen LogP contribution is -2.22. The van der Waals surface area contributed by atoms with Crippen molar-refractivity contribution >= 4 is 31.9 Å². The van der Waals surface area contributed by atoms with Crippen LogP contribution in [0.5, 0.6) is 5.75 Å².